The second-order valence-electron chi connectivity index (χ2n) is 7.01. The van der Waals surface area contributed by atoms with Crippen LogP contribution in [0.15, 0.2) is 48.5 Å². The number of likely N-dealkylation sites (tertiary alicyclic amines) is 1. The summed E-state index contributed by atoms with van der Waals surface area (Å²) in [7, 11) is 1.61. The van der Waals surface area contributed by atoms with Crippen LogP contribution in [0, 0.1) is 12.8 Å². The summed E-state index contributed by atoms with van der Waals surface area (Å²) in [5, 5.41) is 0. The Morgan fingerprint density at radius 3 is 2.37 bits per heavy atom. The van der Waals surface area contributed by atoms with Crippen molar-refractivity contribution in [2.75, 3.05) is 13.6 Å². The van der Waals surface area contributed by atoms with Gasteiger partial charge in [0.1, 0.15) is 11.7 Å². The number of ketones is 1. The molecule has 27 heavy (non-hydrogen) atoms. The summed E-state index contributed by atoms with van der Waals surface area (Å²) < 4.78 is 39.6. The number of rotatable bonds is 4. The highest BCUT2D eigenvalue weighted by Gasteiger charge is 2.44. The quantitative estimate of drug-likeness (QED) is 0.758. The molecular weight excluding hydrogens is 355 g/mol. The minimum Gasteiger partial charge on any atom is -0.344 e. The molecule has 1 aliphatic rings. The van der Waals surface area contributed by atoms with E-state index in [0.29, 0.717) is 6.54 Å². The molecule has 3 nitrogen and oxygen atoms in total. The van der Waals surface area contributed by atoms with E-state index in [9.17, 15) is 22.8 Å². The second kappa shape index (κ2) is 7.18. The van der Waals surface area contributed by atoms with Gasteiger partial charge in [-0.2, -0.15) is 13.2 Å². The minimum atomic E-state index is -4.54. The van der Waals surface area contributed by atoms with Crippen molar-refractivity contribution in [3.63, 3.8) is 0 Å². The molecule has 0 unspecified atom stereocenters. The van der Waals surface area contributed by atoms with Gasteiger partial charge in [-0.05, 0) is 24.1 Å². The predicted molar refractivity (Wildman–Crippen MR) is 95.2 cm³/mol. The van der Waals surface area contributed by atoms with Gasteiger partial charge in [-0.1, -0.05) is 48.0 Å². The fourth-order valence-electron chi connectivity index (χ4n) is 3.62. The third kappa shape index (κ3) is 3.89. The number of hydrogen-bond acceptors (Lipinski definition) is 2. The Bertz CT molecular complexity index is 858. The molecule has 0 bridgehead atoms. The fourth-order valence-corrected chi connectivity index (χ4v) is 3.62. The maximum Gasteiger partial charge on any atom is 0.416 e. The van der Waals surface area contributed by atoms with Crippen LogP contribution in [0.2, 0.25) is 0 Å². The molecule has 1 aliphatic heterocycles. The van der Waals surface area contributed by atoms with Gasteiger partial charge in [-0.25, -0.2) is 0 Å². The third-order valence-electron chi connectivity index (χ3n) is 5.06. The molecule has 1 amide bonds. The molecule has 6 heteroatoms. The van der Waals surface area contributed by atoms with Crippen molar-refractivity contribution in [1.82, 2.24) is 4.90 Å². The van der Waals surface area contributed by atoms with E-state index in [0.717, 1.165) is 17.2 Å². The summed E-state index contributed by atoms with van der Waals surface area (Å²) >= 11 is 0. The van der Waals surface area contributed by atoms with E-state index in [2.05, 4.69) is 0 Å². The SMILES string of the molecule is Cc1ccc([C@H]2CN(C)C(=O)[C@@H]2C(=O)Cc2ccccc2C(F)(F)F)cc1. The van der Waals surface area contributed by atoms with Gasteiger partial charge in [0.2, 0.25) is 5.91 Å². The smallest absolute Gasteiger partial charge is 0.344 e. The lowest BCUT2D eigenvalue weighted by molar-refractivity contribution is -0.138. The molecule has 0 spiro atoms. The number of amides is 1. The van der Waals surface area contributed by atoms with Gasteiger partial charge in [0.25, 0.3) is 0 Å². The number of Topliss-reactive ketones (excluding diaryl/α,β-unsaturated/α-hetero) is 1. The monoisotopic (exact) mass is 375 g/mol. The van der Waals surface area contributed by atoms with Crippen LogP contribution < -0.4 is 0 Å². The number of likely N-dealkylation sites (N-methyl/N-ethyl adjacent to an activating group) is 1. The molecule has 0 N–H and O–H groups in total. The van der Waals surface area contributed by atoms with Crippen molar-refractivity contribution in [3.8, 4) is 0 Å². The fraction of sp³-hybridized carbons (Fsp3) is 0.333. The number of carbonyl (C=O) groups excluding carboxylic acids is 2. The largest absolute Gasteiger partial charge is 0.416 e. The lowest BCUT2D eigenvalue weighted by Crippen LogP contribution is -2.30. The van der Waals surface area contributed by atoms with Crippen LogP contribution in [0.5, 0.6) is 0 Å². The molecular formula is C21H20F3NO2. The van der Waals surface area contributed by atoms with Crippen molar-refractivity contribution < 1.29 is 22.8 Å². The number of halogens is 3. The Kier molecular flexibility index (Phi) is 5.09. The number of alkyl halides is 3. The molecule has 1 saturated heterocycles. The zero-order valence-electron chi connectivity index (χ0n) is 15.1. The zero-order valence-corrected chi connectivity index (χ0v) is 15.1. The van der Waals surface area contributed by atoms with E-state index >= 15 is 0 Å². The van der Waals surface area contributed by atoms with Crippen LogP contribution in [0.25, 0.3) is 0 Å². The molecule has 0 saturated carbocycles. The molecule has 1 fully saturated rings. The lowest BCUT2D eigenvalue weighted by atomic mass is 9.83. The first kappa shape index (κ1) is 19.1. The van der Waals surface area contributed by atoms with E-state index in [1.54, 1.807) is 7.05 Å². The topological polar surface area (TPSA) is 37.4 Å². The van der Waals surface area contributed by atoms with Crippen molar-refractivity contribution >= 4 is 11.7 Å². The summed E-state index contributed by atoms with van der Waals surface area (Å²) in [6.07, 6.45) is -4.95. The first-order valence-electron chi connectivity index (χ1n) is 8.68. The highest BCUT2D eigenvalue weighted by Crippen LogP contribution is 2.36. The van der Waals surface area contributed by atoms with Crippen LogP contribution in [-0.4, -0.2) is 30.2 Å². The normalized spacial score (nSPS) is 20.2. The molecule has 2 atom stereocenters. The highest BCUT2D eigenvalue weighted by atomic mass is 19.4. The van der Waals surface area contributed by atoms with Crippen LogP contribution >= 0.6 is 0 Å². The molecule has 2 aromatic carbocycles. The summed E-state index contributed by atoms with van der Waals surface area (Å²) in [6.45, 7) is 2.31. The molecule has 2 aromatic rings. The van der Waals surface area contributed by atoms with Crippen LogP contribution in [0.3, 0.4) is 0 Å². The van der Waals surface area contributed by atoms with Crippen LogP contribution in [-0.2, 0) is 22.2 Å². The summed E-state index contributed by atoms with van der Waals surface area (Å²) in [5.41, 5.74) is 0.975. The standard InChI is InChI=1S/C21H20F3NO2/c1-13-7-9-14(10-8-13)16-12-25(2)20(27)19(16)18(26)11-15-5-3-4-6-17(15)21(22,23)24/h3-10,16,19H,11-12H2,1-2H3/t16-,19+/m1/s1. The van der Waals surface area contributed by atoms with Gasteiger partial charge in [0.15, 0.2) is 0 Å². The van der Waals surface area contributed by atoms with Gasteiger partial charge >= 0.3 is 6.18 Å². The highest BCUT2D eigenvalue weighted by molar-refractivity contribution is 6.04. The van der Waals surface area contributed by atoms with E-state index in [-0.39, 0.29) is 17.4 Å². The van der Waals surface area contributed by atoms with Gasteiger partial charge in [-0.3, -0.25) is 9.59 Å². The molecule has 0 aliphatic carbocycles. The van der Waals surface area contributed by atoms with Crippen LogP contribution in [0.1, 0.15) is 28.2 Å². The maximum atomic E-state index is 13.2. The average Bonchev–Trinajstić information content (AvgIpc) is 2.90. The molecule has 3 rings (SSSR count). The third-order valence-corrected chi connectivity index (χ3v) is 5.06. The van der Waals surface area contributed by atoms with E-state index < -0.39 is 29.9 Å². The van der Waals surface area contributed by atoms with Gasteiger partial charge in [-0.15, -0.1) is 0 Å². The number of carbonyl (C=O) groups is 2. The lowest BCUT2D eigenvalue weighted by Gasteiger charge is -2.18. The molecule has 0 aromatic heterocycles. The predicted octanol–water partition coefficient (Wildman–Crippen LogP) is 4.00. The number of benzene rings is 2. The molecule has 1 heterocycles. The maximum absolute atomic E-state index is 13.2. The molecule has 142 valence electrons. The van der Waals surface area contributed by atoms with Gasteiger partial charge < -0.3 is 4.90 Å². The van der Waals surface area contributed by atoms with Crippen molar-refractivity contribution in [2.24, 2.45) is 5.92 Å². The number of nitrogens with zero attached hydrogens (tertiary/aromatic N) is 1. The van der Waals surface area contributed by atoms with E-state index in [4.69, 9.17) is 0 Å². The minimum absolute atomic E-state index is 0.0972. The van der Waals surface area contributed by atoms with Gasteiger partial charge in [0, 0.05) is 25.9 Å². The second-order valence-corrected chi connectivity index (χ2v) is 7.01. The van der Waals surface area contributed by atoms with Crippen LogP contribution in [0.4, 0.5) is 13.2 Å². The van der Waals surface area contributed by atoms with E-state index in [1.165, 1.54) is 23.1 Å². The Hall–Kier alpha value is -2.63. The summed E-state index contributed by atoms with van der Waals surface area (Å²) in [5.74, 6) is -2.13. The van der Waals surface area contributed by atoms with Crippen molar-refractivity contribution in [2.45, 2.75) is 25.4 Å². The zero-order chi connectivity index (χ0) is 19.8. The van der Waals surface area contributed by atoms with Crippen molar-refractivity contribution in [3.05, 3.63) is 70.8 Å². The Labute approximate surface area is 155 Å². The average molecular weight is 375 g/mol. The summed E-state index contributed by atoms with van der Waals surface area (Å²) in [6, 6.07) is 12.6. The summed E-state index contributed by atoms with van der Waals surface area (Å²) in [4.78, 5) is 26.9. The Balaban J connectivity index is 1.90. The van der Waals surface area contributed by atoms with Crippen molar-refractivity contribution in [1.29, 1.82) is 0 Å². The number of aryl methyl sites for hydroxylation is 1. The molecule has 0 radical (unpaired) electrons. The van der Waals surface area contributed by atoms with Gasteiger partial charge in [0.05, 0.1) is 5.56 Å². The number of hydrogen-bond donors (Lipinski definition) is 0. The van der Waals surface area contributed by atoms with E-state index in [1.807, 2.05) is 31.2 Å². The first-order chi connectivity index (χ1) is 12.7. The Morgan fingerprint density at radius 1 is 1.11 bits per heavy atom. The Morgan fingerprint density at radius 2 is 1.74 bits per heavy atom. The first-order valence-corrected chi connectivity index (χ1v) is 8.68.